The summed E-state index contributed by atoms with van der Waals surface area (Å²) in [5.41, 5.74) is 0.669. The first-order valence-electron chi connectivity index (χ1n) is 7.33. The molecule has 0 aliphatic carbocycles. The van der Waals surface area contributed by atoms with Crippen molar-refractivity contribution >= 4 is 16.8 Å². The molecule has 0 aliphatic rings. The van der Waals surface area contributed by atoms with Crippen molar-refractivity contribution in [1.29, 1.82) is 0 Å². The lowest BCUT2D eigenvalue weighted by Gasteiger charge is -2.12. The van der Waals surface area contributed by atoms with Gasteiger partial charge in [0.15, 0.2) is 0 Å². The second-order valence-electron chi connectivity index (χ2n) is 5.44. The summed E-state index contributed by atoms with van der Waals surface area (Å²) in [5, 5.41) is 1.95. The minimum Gasteiger partial charge on any atom is -0.166 e. The summed E-state index contributed by atoms with van der Waals surface area (Å²) in [7, 11) is 0. The molecule has 0 radical (unpaired) electrons. The van der Waals surface area contributed by atoms with E-state index in [9.17, 15) is 13.2 Å². The Hall–Kier alpha value is -2.55. The molecule has 0 atom stereocenters. The van der Waals surface area contributed by atoms with Gasteiger partial charge in [-0.25, -0.2) is 0 Å². The Labute approximate surface area is 132 Å². The Morgan fingerprint density at radius 2 is 1.43 bits per heavy atom. The highest BCUT2D eigenvalue weighted by Crippen LogP contribution is 2.31. The molecule has 0 heterocycles. The zero-order chi connectivity index (χ0) is 16.3. The average Bonchev–Trinajstić information content (AvgIpc) is 2.54. The average molecular weight is 312 g/mol. The van der Waals surface area contributed by atoms with Crippen molar-refractivity contribution in [3.05, 3.63) is 89.5 Å². The highest BCUT2D eigenvalue weighted by Gasteiger charge is 2.33. The fourth-order valence-corrected chi connectivity index (χ4v) is 2.55. The number of halogens is 3. The van der Waals surface area contributed by atoms with E-state index < -0.39 is 11.7 Å². The maximum Gasteiger partial charge on any atom is 0.413 e. The molecule has 0 spiro atoms. The Balaban J connectivity index is 1.99. The summed E-state index contributed by atoms with van der Waals surface area (Å²) in [6, 6.07) is 21.7. The van der Waals surface area contributed by atoms with Crippen molar-refractivity contribution in [1.82, 2.24) is 0 Å². The number of fused-ring (bicyclic) bond motifs is 1. The van der Waals surface area contributed by atoms with Gasteiger partial charge in [-0.05, 0) is 34.0 Å². The van der Waals surface area contributed by atoms with E-state index in [-0.39, 0.29) is 6.42 Å². The van der Waals surface area contributed by atoms with Gasteiger partial charge in [0.1, 0.15) is 0 Å². The molecule has 0 nitrogen and oxygen atoms in total. The largest absolute Gasteiger partial charge is 0.413 e. The molecular weight excluding hydrogens is 297 g/mol. The molecule has 0 aromatic heterocycles. The lowest BCUT2D eigenvalue weighted by atomic mass is 10.0. The molecule has 0 bridgehead atoms. The van der Waals surface area contributed by atoms with Crippen molar-refractivity contribution in [2.45, 2.75) is 12.6 Å². The van der Waals surface area contributed by atoms with Crippen molar-refractivity contribution < 1.29 is 13.2 Å². The number of alkyl halides is 3. The quantitative estimate of drug-likeness (QED) is 0.554. The Kier molecular flexibility index (Phi) is 4.20. The number of hydrogen-bond acceptors (Lipinski definition) is 0. The van der Waals surface area contributed by atoms with Crippen LogP contribution in [0.25, 0.3) is 16.8 Å². The molecule has 0 unspecified atom stereocenters. The minimum atomic E-state index is -4.35. The zero-order valence-electron chi connectivity index (χ0n) is 12.3. The van der Waals surface area contributed by atoms with Crippen molar-refractivity contribution in [3.8, 4) is 0 Å². The van der Waals surface area contributed by atoms with Gasteiger partial charge < -0.3 is 0 Å². The lowest BCUT2D eigenvalue weighted by Crippen LogP contribution is -2.14. The number of hydrogen-bond donors (Lipinski definition) is 0. The standard InChI is InChI=1S/C20H15F3/c21-20(22,23)19(13-15-6-2-1-3-7-15)14-16-10-11-17-8-4-5-9-18(17)12-16/h1-12,14H,13H2/b19-14+. The van der Waals surface area contributed by atoms with Crippen LogP contribution in [0.15, 0.2) is 78.4 Å². The van der Waals surface area contributed by atoms with Crippen molar-refractivity contribution in [2.24, 2.45) is 0 Å². The SMILES string of the molecule is FC(F)(F)/C(=C/c1ccc2ccccc2c1)Cc1ccccc1. The molecule has 0 saturated heterocycles. The van der Waals surface area contributed by atoms with Crippen LogP contribution >= 0.6 is 0 Å². The maximum absolute atomic E-state index is 13.3. The molecule has 0 aliphatic heterocycles. The predicted molar refractivity (Wildman–Crippen MR) is 88.1 cm³/mol. The van der Waals surface area contributed by atoms with E-state index >= 15 is 0 Å². The van der Waals surface area contributed by atoms with Crippen LogP contribution in [0.4, 0.5) is 13.2 Å². The number of benzene rings is 3. The van der Waals surface area contributed by atoms with E-state index in [0.29, 0.717) is 11.1 Å². The second kappa shape index (κ2) is 6.29. The van der Waals surface area contributed by atoms with Gasteiger partial charge in [-0.2, -0.15) is 13.2 Å². The van der Waals surface area contributed by atoms with Crippen molar-refractivity contribution in [3.63, 3.8) is 0 Å². The minimum absolute atomic E-state index is 0.128. The summed E-state index contributed by atoms with van der Waals surface area (Å²) in [6.07, 6.45) is -3.24. The van der Waals surface area contributed by atoms with Crippen LogP contribution in [-0.4, -0.2) is 6.18 Å². The summed E-state index contributed by atoms with van der Waals surface area (Å²) >= 11 is 0. The van der Waals surface area contributed by atoms with Crippen LogP contribution in [-0.2, 0) is 6.42 Å². The van der Waals surface area contributed by atoms with Crippen LogP contribution in [0.1, 0.15) is 11.1 Å². The van der Waals surface area contributed by atoms with Crippen molar-refractivity contribution in [2.75, 3.05) is 0 Å². The van der Waals surface area contributed by atoms with E-state index in [1.807, 2.05) is 30.3 Å². The van der Waals surface area contributed by atoms with Crippen LogP contribution < -0.4 is 0 Å². The second-order valence-corrected chi connectivity index (χ2v) is 5.44. The first kappa shape index (κ1) is 15.3. The van der Waals surface area contributed by atoms with Gasteiger partial charge in [-0.3, -0.25) is 0 Å². The Morgan fingerprint density at radius 1 is 0.783 bits per heavy atom. The van der Waals surface area contributed by atoms with Gasteiger partial charge in [0.2, 0.25) is 0 Å². The monoisotopic (exact) mass is 312 g/mol. The van der Waals surface area contributed by atoms with Crippen LogP contribution in [0.5, 0.6) is 0 Å². The summed E-state index contributed by atoms with van der Waals surface area (Å²) in [4.78, 5) is 0. The third-order valence-electron chi connectivity index (χ3n) is 3.72. The fraction of sp³-hybridized carbons (Fsp3) is 0.100. The van der Waals surface area contributed by atoms with Gasteiger partial charge in [0.05, 0.1) is 0 Å². The molecule has 0 amide bonds. The van der Waals surface area contributed by atoms with E-state index in [1.165, 1.54) is 6.08 Å². The molecule has 23 heavy (non-hydrogen) atoms. The molecule has 3 rings (SSSR count). The molecule has 3 aromatic rings. The smallest absolute Gasteiger partial charge is 0.166 e. The van der Waals surface area contributed by atoms with Gasteiger partial charge in [0.25, 0.3) is 0 Å². The van der Waals surface area contributed by atoms with Gasteiger partial charge >= 0.3 is 6.18 Å². The molecule has 0 fully saturated rings. The van der Waals surface area contributed by atoms with E-state index in [0.717, 1.165) is 10.8 Å². The van der Waals surface area contributed by atoms with Gasteiger partial charge in [-0.1, -0.05) is 66.7 Å². The third kappa shape index (κ3) is 3.81. The summed E-state index contributed by atoms with van der Waals surface area (Å²) < 4.78 is 40.0. The van der Waals surface area contributed by atoms with Gasteiger partial charge in [-0.15, -0.1) is 0 Å². The highest BCUT2D eigenvalue weighted by atomic mass is 19.4. The highest BCUT2D eigenvalue weighted by molar-refractivity contribution is 5.84. The molecular formula is C20H15F3. The number of rotatable bonds is 3. The normalized spacial score (nSPS) is 12.6. The van der Waals surface area contributed by atoms with E-state index in [2.05, 4.69) is 0 Å². The van der Waals surface area contributed by atoms with Crippen LogP contribution in [0.2, 0.25) is 0 Å². The van der Waals surface area contributed by atoms with Crippen LogP contribution in [0.3, 0.4) is 0 Å². The van der Waals surface area contributed by atoms with E-state index in [1.54, 1.807) is 42.5 Å². The third-order valence-corrected chi connectivity index (χ3v) is 3.72. The van der Waals surface area contributed by atoms with E-state index in [4.69, 9.17) is 0 Å². The van der Waals surface area contributed by atoms with Crippen LogP contribution in [0, 0.1) is 0 Å². The number of allylic oxidation sites excluding steroid dienone is 1. The Bertz CT molecular complexity index is 830. The lowest BCUT2D eigenvalue weighted by molar-refractivity contribution is -0.0921. The topological polar surface area (TPSA) is 0 Å². The molecule has 0 saturated carbocycles. The molecule has 3 aromatic carbocycles. The predicted octanol–water partition coefficient (Wildman–Crippen LogP) is 6.03. The molecule has 3 heteroatoms. The zero-order valence-corrected chi connectivity index (χ0v) is 12.3. The molecule has 0 N–H and O–H groups in total. The first-order chi connectivity index (χ1) is 11.0. The summed E-state index contributed by atoms with van der Waals surface area (Å²) in [5.74, 6) is 0. The Morgan fingerprint density at radius 3 is 2.13 bits per heavy atom. The first-order valence-corrected chi connectivity index (χ1v) is 7.33. The maximum atomic E-state index is 13.3. The summed E-state index contributed by atoms with van der Waals surface area (Å²) in [6.45, 7) is 0. The fourth-order valence-electron chi connectivity index (χ4n) is 2.55. The van der Waals surface area contributed by atoms with Gasteiger partial charge in [0, 0.05) is 12.0 Å². The molecule has 116 valence electrons.